The second kappa shape index (κ2) is 10.0. The molecule has 2 aromatic carbocycles. The highest BCUT2D eigenvalue weighted by molar-refractivity contribution is 9.10. The Morgan fingerprint density at radius 2 is 2.13 bits per heavy atom. The lowest BCUT2D eigenvalue weighted by Crippen LogP contribution is -2.00. The van der Waals surface area contributed by atoms with Crippen LogP contribution < -0.4 is 9.47 Å². The summed E-state index contributed by atoms with van der Waals surface area (Å²) in [6.45, 7) is 1.99. The van der Waals surface area contributed by atoms with Crippen LogP contribution in [-0.4, -0.2) is 33.4 Å². The number of H-pyrrole nitrogens is 1. The number of hydrogen-bond donors (Lipinski definition) is 2. The van der Waals surface area contributed by atoms with Crippen molar-refractivity contribution in [2.45, 2.75) is 18.7 Å². The molecule has 7 nitrogen and oxygen atoms in total. The zero-order chi connectivity index (χ0) is 21.7. The van der Waals surface area contributed by atoms with Gasteiger partial charge in [0.2, 0.25) is 5.16 Å². The van der Waals surface area contributed by atoms with Gasteiger partial charge in [0.1, 0.15) is 17.3 Å². The van der Waals surface area contributed by atoms with E-state index in [1.54, 1.807) is 25.1 Å². The van der Waals surface area contributed by atoms with Gasteiger partial charge in [-0.05, 0) is 64.5 Å². The van der Waals surface area contributed by atoms with Crippen LogP contribution in [0.3, 0.4) is 0 Å². The number of carboxylic acid groups (broad SMARTS) is 1. The molecule has 0 saturated carbocycles. The van der Waals surface area contributed by atoms with E-state index in [0.717, 1.165) is 17.3 Å². The first-order valence-corrected chi connectivity index (χ1v) is 10.6. The van der Waals surface area contributed by atoms with E-state index in [0.29, 0.717) is 37.5 Å². The second-order valence-electron chi connectivity index (χ2n) is 6.03. The number of carbonyl (C=O) groups is 1. The van der Waals surface area contributed by atoms with Crippen molar-refractivity contribution < 1.29 is 19.4 Å². The van der Waals surface area contributed by atoms with Crippen LogP contribution in [0.4, 0.5) is 0 Å². The molecule has 0 saturated heterocycles. The van der Waals surface area contributed by atoms with E-state index < -0.39 is 5.97 Å². The van der Waals surface area contributed by atoms with Crippen LogP contribution in [0.15, 0.2) is 50.9 Å². The van der Waals surface area contributed by atoms with Gasteiger partial charge in [-0.25, -0.2) is 9.78 Å². The number of thioether (sulfide) groups is 1. The molecule has 0 aliphatic rings. The number of nitrogens with zero attached hydrogens (tertiary/aromatic N) is 2. The third-order valence-electron chi connectivity index (χ3n) is 3.87. The summed E-state index contributed by atoms with van der Waals surface area (Å²) < 4.78 is 12.0. The molecule has 1 heterocycles. The minimum atomic E-state index is -1.09. The van der Waals surface area contributed by atoms with Crippen LogP contribution in [0.2, 0.25) is 5.02 Å². The monoisotopic (exact) mass is 509 g/mol. The highest BCUT2D eigenvalue weighted by Gasteiger charge is 2.16. The molecule has 0 radical (unpaired) electrons. The zero-order valence-corrected chi connectivity index (χ0v) is 19.1. The fraction of sp³-hybridized carbons (Fsp3) is 0.150. The van der Waals surface area contributed by atoms with Gasteiger partial charge in [0.15, 0.2) is 11.5 Å². The van der Waals surface area contributed by atoms with Crippen LogP contribution >= 0.6 is 39.3 Å². The lowest BCUT2D eigenvalue weighted by Gasteiger charge is -2.14. The molecule has 3 rings (SSSR count). The molecule has 156 valence electrons. The minimum Gasteiger partial charge on any atom is -0.493 e. The summed E-state index contributed by atoms with van der Waals surface area (Å²) in [6, 6.07) is 10.8. The summed E-state index contributed by atoms with van der Waals surface area (Å²) in [5.41, 5.74) is 1.45. The summed E-state index contributed by atoms with van der Waals surface area (Å²) >= 11 is 10.6. The van der Waals surface area contributed by atoms with Gasteiger partial charge in [-0.15, -0.1) is 5.10 Å². The Labute approximate surface area is 190 Å². The third-order valence-corrected chi connectivity index (χ3v) is 5.70. The van der Waals surface area contributed by atoms with Gasteiger partial charge in [0.25, 0.3) is 0 Å². The molecule has 10 heteroatoms. The van der Waals surface area contributed by atoms with E-state index in [1.807, 2.05) is 18.2 Å². The first-order chi connectivity index (χ1) is 14.4. The maximum absolute atomic E-state index is 11.7. The smallest absolute Gasteiger partial charge is 0.342 e. The molecular formula is C20H17BrClN3O4S. The number of nitrogens with one attached hydrogen (secondary N) is 1. The Balaban J connectivity index is 1.87. The molecule has 30 heavy (non-hydrogen) atoms. The van der Waals surface area contributed by atoms with Gasteiger partial charge < -0.3 is 14.6 Å². The van der Waals surface area contributed by atoms with E-state index in [9.17, 15) is 9.90 Å². The zero-order valence-electron chi connectivity index (χ0n) is 16.0. The van der Waals surface area contributed by atoms with Gasteiger partial charge in [0, 0.05) is 10.6 Å². The van der Waals surface area contributed by atoms with E-state index in [1.165, 1.54) is 13.2 Å². The summed E-state index contributed by atoms with van der Waals surface area (Å²) in [4.78, 5) is 15.9. The molecule has 3 aromatic rings. The van der Waals surface area contributed by atoms with E-state index in [-0.39, 0.29) is 11.5 Å². The maximum atomic E-state index is 11.7. The highest BCUT2D eigenvalue weighted by atomic mass is 79.9. The Morgan fingerprint density at radius 1 is 1.37 bits per heavy atom. The average molecular weight is 511 g/mol. The van der Waals surface area contributed by atoms with Crippen molar-refractivity contribution in [3.63, 3.8) is 0 Å². The van der Waals surface area contributed by atoms with Crippen LogP contribution in [0.25, 0.3) is 6.08 Å². The molecule has 0 aliphatic carbocycles. The molecule has 1 aromatic heterocycles. The molecule has 0 atom stereocenters. The van der Waals surface area contributed by atoms with E-state index in [2.05, 4.69) is 31.1 Å². The molecule has 2 N–H and O–H groups in total. The maximum Gasteiger partial charge on any atom is 0.342 e. The van der Waals surface area contributed by atoms with Crippen molar-refractivity contribution >= 4 is 51.3 Å². The van der Waals surface area contributed by atoms with Gasteiger partial charge in [-0.3, -0.25) is 5.10 Å². The molecule has 0 bridgehead atoms. The molecule has 0 unspecified atom stereocenters. The summed E-state index contributed by atoms with van der Waals surface area (Å²) in [5.74, 6) is 0.457. The fourth-order valence-corrected chi connectivity index (χ4v) is 4.00. The lowest BCUT2D eigenvalue weighted by atomic mass is 10.2. The van der Waals surface area contributed by atoms with Gasteiger partial charge in [-0.1, -0.05) is 29.8 Å². The molecule has 0 amide bonds. The average Bonchev–Trinajstić information content (AvgIpc) is 3.12. The number of carboxylic acids is 1. The molecule has 0 spiro atoms. The first-order valence-electron chi connectivity index (χ1n) is 8.63. The number of benzene rings is 2. The lowest BCUT2D eigenvalue weighted by molar-refractivity contribution is -0.131. The van der Waals surface area contributed by atoms with Crippen molar-refractivity contribution in [3.05, 3.63) is 67.7 Å². The first kappa shape index (κ1) is 22.2. The minimum absolute atomic E-state index is 0.0627. The predicted molar refractivity (Wildman–Crippen MR) is 119 cm³/mol. The number of aliphatic carboxylic acids is 1. The Bertz CT molecular complexity index is 1100. The number of methoxy groups -OCH3 is 1. The summed E-state index contributed by atoms with van der Waals surface area (Å²) in [6.07, 6.45) is 1.52. The number of ether oxygens (including phenoxy) is 2. The quantitative estimate of drug-likeness (QED) is 0.312. The van der Waals surface area contributed by atoms with Crippen molar-refractivity contribution in [2.24, 2.45) is 0 Å². The number of hydrogen-bond acceptors (Lipinski definition) is 6. The normalized spacial score (nSPS) is 11.4. The number of aromatic amines is 1. The molecule has 0 fully saturated rings. The topological polar surface area (TPSA) is 97.3 Å². The van der Waals surface area contributed by atoms with Gasteiger partial charge in [-0.2, -0.15) is 0 Å². The Morgan fingerprint density at radius 3 is 2.77 bits per heavy atom. The Hall–Kier alpha value is -2.49. The van der Waals surface area contributed by atoms with Crippen LogP contribution in [0.5, 0.6) is 11.5 Å². The largest absolute Gasteiger partial charge is 0.493 e. The third kappa shape index (κ3) is 5.56. The highest BCUT2D eigenvalue weighted by Crippen LogP contribution is 2.38. The van der Waals surface area contributed by atoms with Crippen LogP contribution in [0, 0.1) is 6.92 Å². The number of aromatic nitrogens is 3. The van der Waals surface area contributed by atoms with E-state index in [4.69, 9.17) is 21.1 Å². The van der Waals surface area contributed by atoms with Crippen molar-refractivity contribution in [2.75, 3.05) is 7.11 Å². The predicted octanol–water partition coefficient (Wildman–Crippen LogP) is 5.33. The fourth-order valence-electron chi connectivity index (χ4n) is 2.48. The van der Waals surface area contributed by atoms with Crippen LogP contribution in [0.1, 0.15) is 17.0 Å². The summed E-state index contributed by atoms with van der Waals surface area (Å²) in [7, 11) is 1.51. The summed E-state index contributed by atoms with van der Waals surface area (Å²) in [5, 5.41) is 17.1. The van der Waals surface area contributed by atoms with Crippen molar-refractivity contribution in [1.29, 1.82) is 0 Å². The SMILES string of the molecule is COc1cc(/C=C(\Sc2n[nH]c(C)n2)C(=O)O)cc(Br)c1OCc1ccccc1Cl. The molecular weight excluding hydrogens is 494 g/mol. The van der Waals surface area contributed by atoms with Crippen molar-refractivity contribution in [3.8, 4) is 11.5 Å². The molecule has 0 aliphatic heterocycles. The van der Waals surface area contributed by atoms with E-state index >= 15 is 0 Å². The number of halogens is 2. The number of aryl methyl sites for hydroxylation is 1. The van der Waals surface area contributed by atoms with Gasteiger partial charge in [0.05, 0.1) is 11.6 Å². The standard InChI is InChI=1S/C20H17BrClN3O4S/c1-11-23-20(25-24-11)30-17(19(26)27)9-12-7-14(21)18(16(8-12)28-2)29-10-13-5-3-4-6-15(13)22/h3-9H,10H2,1-2H3,(H,26,27)(H,23,24,25)/b17-9-. The second-order valence-corrected chi connectivity index (χ2v) is 8.30. The number of rotatable bonds is 8. The van der Waals surface area contributed by atoms with Crippen molar-refractivity contribution in [1.82, 2.24) is 15.2 Å². The van der Waals surface area contributed by atoms with Crippen LogP contribution in [-0.2, 0) is 11.4 Å². The van der Waals surface area contributed by atoms with Gasteiger partial charge >= 0.3 is 5.97 Å². The Kier molecular flexibility index (Phi) is 7.41.